The number of aliphatic imine (C=N–C) groups is 1. The fraction of sp³-hybridized carbons (Fsp3) is 0.650. The molecule has 1 aromatic carbocycles. The summed E-state index contributed by atoms with van der Waals surface area (Å²) in [5.41, 5.74) is 0.878. The van der Waals surface area contributed by atoms with E-state index in [1.807, 2.05) is 20.8 Å². The van der Waals surface area contributed by atoms with E-state index in [2.05, 4.69) is 50.7 Å². The number of hydrogen-bond donors (Lipinski definition) is 3. The maximum atomic E-state index is 11.5. The zero-order valence-corrected chi connectivity index (χ0v) is 20.6. The largest absolute Gasteiger partial charge is 0.357 e. The van der Waals surface area contributed by atoms with Crippen LogP contribution in [0.3, 0.4) is 0 Å². The maximum absolute atomic E-state index is 11.5. The third-order valence-corrected chi connectivity index (χ3v) is 5.90. The van der Waals surface area contributed by atoms with Gasteiger partial charge in [-0.15, -0.1) is 24.0 Å². The van der Waals surface area contributed by atoms with Crippen LogP contribution in [-0.2, 0) is 15.4 Å². The molecule has 2 rings (SSSR count). The summed E-state index contributed by atoms with van der Waals surface area (Å²) in [6.45, 7) is 7.63. The highest BCUT2D eigenvalue weighted by Crippen LogP contribution is 2.40. The molecule has 8 heteroatoms. The Morgan fingerprint density at radius 3 is 2.29 bits per heavy atom. The Labute approximate surface area is 187 Å². The molecule has 3 N–H and O–H groups in total. The van der Waals surface area contributed by atoms with E-state index in [-0.39, 0.29) is 29.4 Å². The summed E-state index contributed by atoms with van der Waals surface area (Å²) in [4.78, 5) is 4.62. The number of halogens is 1. The number of rotatable bonds is 8. The Kier molecular flexibility index (Phi) is 9.69. The molecule has 28 heavy (non-hydrogen) atoms. The highest BCUT2D eigenvalue weighted by molar-refractivity contribution is 14.0. The first-order valence-corrected chi connectivity index (χ1v) is 11.6. The minimum Gasteiger partial charge on any atom is -0.357 e. The molecule has 0 aliphatic heterocycles. The van der Waals surface area contributed by atoms with Gasteiger partial charge >= 0.3 is 0 Å². The van der Waals surface area contributed by atoms with Crippen LogP contribution in [0, 0.1) is 0 Å². The van der Waals surface area contributed by atoms with Crippen molar-refractivity contribution >= 4 is 40.0 Å². The molecule has 0 unspecified atom stereocenters. The van der Waals surface area contributed by atoms with Crippen LogP contribution in [0.15, 0.2) is 35.3 Å². The summed E-state index contributed by atoms with van der Waals surface area (Å²) in [7, 11) is -3.27. The molecule has 0 spiro atoms. The van der Waals surface area contributed by atoms with Crippen LogP contribution in [-0.4, -0.2) is 45.8 Å². The lowest BCUT2D eigenvalue weighted by atomic mass is 9.79. The number of hydrogen-bond acceptors (Lipinski definition) is 3. The quantitative estimate of drug-likeness (QED) is 0.279. The normalized spacial score (nSPS) is 17.1. The molecule has 0 radical (unpaired) electrons. The maximum Gasteiger partial charge on any atom is 0.209 e. The van der Waals surface area contributed by atoms with Gasteiger partial charge in [0.05, 0.1) is 12.8 Å². The Morgan fingerprint density at radius 2 is 1.75 bits per heavy atom. The van der Waals surface area contributed by atoms with E-state index in [0.717, 1.165) is 19.0 Å². The van der Waals surface area contributed by atoms with E-state index >= 15 is 0 Å². The van der Waals surface area contributed by atoms with Gasteiger partial charge < -0.3 is 10.6 Å². The van der Waals surface area contributed by atoms with Crippen molar-refractivity contribution in [3.8, 4) is 0 Å². The number of nitrogens with zero attached hydrogens (tertiary/aromatic N) is 1. The molecule has 0 bridgehead atoms. The van der Waals surface area contributed by atoms with Crippen molar-refractivity contribution in [1.82, 2.24) is 15.4 Å². The first kappa shape index (κ1) is 25.2. The van der Waals surface area contributed by atoms with E-state index in [0.29, 0.717) is 6.54 Å². The molecular formula is C20H35IN4O2S. The number of benzene rings is 1. The predicted octanol–water partition coefficient (Wildman–Crippen LogP) is 3.00. The minimum absolute atomic E-state index is 0. The Morgan fingerprint density at radius 1 is 1.14 bits per heavy atom. The molecule has 1 saturated carbocycles. The van der Waals surface area contributed by atoms with Gasteiger partial charge in [-0.1, -0.05) is 43.2 Å². The van der Waals surface area contributed by atoms with Gasteiger partial charge in [0.1, 0.15) is 0 Å². The monoisotopic (exact) mass is 522 g/mol. The van der Waals surface area contributed by atoms with Gasteiger partial charge in [0.2, 0.25) is 10.0 Å². The van der Waals surface area contributed by atoms with Crippen LogP contribution in [0.25, 0.3) is 0 Å². The zero-order valence-electron chi connectivity index (χ0n) is 17.4. The number of nitrogens with one attached hydrogen (secondary N) is 3. The number of sulfonamides is 1. The van der Waals surface area contributed by atoms with Crippen molar-refractivity contribution < 1.29 is 8.42 Å². The lowest BCUT2D eigenvalue weighted by Crippen LogP contribution is -2.48. The minimum atomic E-state index is -3.27. The van der Waals surface area contributed by atoms with Gasteiger partial charge in [-0.3, -0.25) is 4.99 Å². The topological polar surface area (TPSA) is 82.6 Å². The third-order valence-electron chi connectivity index (χ3n) is 4.98. The summed E-state index contributed by atoms with van der Waals surface area (Å²) >= 11 is 0. The van der Waals surface area contributed by atoms with Crippen LogP contribution < -0.4 is 15.4 Å². The first-order chi connectivity index (χ1) is 12.7. The molecule has 0 aromatic heterocycles. The molecule has 1 aromatic rings. The molecule has 0 heterocycles. The summed E-state index contributed by atoms with van der Waals surface area (Å²) in [5, 5.41) is 6.77. The summed E-state index contributed by atoms with van der Waals surface area (Å²) in [5.74, 6) is 0.725. The van der Waals surface area contributed by atoms with Gasteiger partial charge in [-0.05, 0) is 39.2 Å². The fourth-order valence-electron chi connectivity index (χ4n) is 3.82. The molecule has 6 nitrogen and oxygen atoms in total. The summed E-state index contributed by atoms with van der Waals surface area (Å²) in [6, 6.07) is 10.7. The lowest BCUT2D eigenvalue weighted by molar-refractivity contribution is 0.429. The molecule has 1 aliphatic carbocycles. The standard InChI is InChI=1S/C20H34N4O2S.HI/c1-5-21-18(22-15-19(2,3)24-27(4,25)26)23-16-20(13-9-10-14-20)17-11-7-6-8-12-17;/h6-8,11-12,24H,5,9-10,13-16H2,1-4H3,(H2,21,22,23);1H. The van der Waals surface area contributed by atoms with Gasteiger partial charge in [-0.2, -0.15) is 0 Å². The molecule has 0 atom stereocenters. The van der Waals surface area contributed by atoms with Crippen molar-refractivity contribution in [3.05, 3.63) is 35.9 Å². The van der Waals surface area contributed by atoms with Crippen molar-refractivity contribution in [2.75, 3.05) is 25.9 Å². The van der Waals surface area contributed by atoms with E-state index in [1.165, 1.54) is 37.5 Å². The summed E-state index contributed by atoms with van der Waals surface area (Å²) in [6.07, 6.45) is 6.01. The van der Waals surface area contributed by atoms with E-state index in [4.69, 9.17) is 0 Å². The highest BCUT2D eigenvalue weighted by Gasteiger charge is 2.35. The Bertz CT molecular complexity index is 730. The van der Waals surface area contributed by atoms with Crippen LogP contribution in [0.2, 0.25) is 0 Å². The second kappa shape index (κ2) is 10.8. The van der Waals surface area contributed by atoms with E-state index in [9.17, 15) is 8.42 Å². The van der Waals surface area contributed by atoms with Gasteiger partial charge in [0, 0.05) is 24.0 Å². The van der Waals surface area contributed by atoms with Crippen molar-refractivity contribution in [2.45, 2.75) is 57.4 Å². The zero-order chi connectivity index (χ0) is 20.0. The number of guanidine groups is 1. The molecule has 1 aliphatic rings. The van der Waals surface area contributed by atoms with Crippen LogP contribution in [0.4, 0.5) is 0 Å². The van der Waals surface area contributed by atoms with Crippen LogP contribution in [0.1, 0.15) is 52.0 Å². The Hall–Kier alpha value is -0.870. The molecule has 1 fully saturated rings. The van der Waals surface area contributed by atoms with Crippen molar-refractivity contribution in [3.63, 3.8) is 0 Å². The van der Waals surface area contributed by atoms with E-state index < -0.39 is 15.6 Å². The highest BCUT2D eigenvalue weighted by atomic mass is 127. The lowest BCUT2D eigenvalue weighted by Gasteiger charge is -2.31. The van der Waals surface area contributed by atoms with Gasteiger partial charge in [0.25, 0.3) is 0 Å². The average Bonchev–Trinajstić information content (AvgIpc) is 3.06. The van der Waals surface area contributed by atoms with E-state index in [1.54, 1.807) is 0 Å². The second-order valence-electron chi connectivity index (χ2n) is 8.16. The Balaban J connectivity index is 0.00000392. The van der Waals surface area contributed by atoms with Crippen molar-refractivity contribution in [2.24, 2.45) is 4.99 Å². The third kappa shape index (κ3) is 7.87. The van der Waals surface area contributed by atoms with Crippen molar-refractivity contribution in [1.29, 1.82) is 0 Å². The molecule has 160 valence electrons. The van der Waals surface area contributed by atoms with Crippen LogP contribution in [0.5, 0.6) is 0 Å². The second-order valence-corrected chi connectivity index (χ2v) is 9.91. The van der Waals surface area contributed by atoms with Gasteiger partial charge in [-0.25, -0.2) is 13.1 Å². The molecule has 0 saturated heterocycles. The smallest absolute Gasteiger partial charge is 0.209 e. The SMILES string of the molecule is CCNC(=NCC(C)(C)NS(C)(=O)=O)NCC1(c2ccccc2)CCCC1.I. The predicted molar refractivity (Wildman–Crippen MR) is 128 cm³/mol. The van der Waals surface area contributed by atoms with Crippen LogP contribution >= 0.6 is 24.0 Å². The first-order valence-electron chi connectivity index (χ1n) is 9.72. The molecule has 0 amide bonds. The summed E-state index contributed by atoms with van der Waals surface area (Å²) < 4.78 is 25.7. The average molecular weight is 522 g/mol. The van der Waals surface area contributed by atoms with Gasteiger partial charge in [0.15, 0.2) is 5.96 Å². The fourth-order valence-corrected chi connectivity index (χ4v) is 4.88. The molecular weight excluding hydrogens is 487 g/mol.